The fourth-order valence-corrected chi connectivity index (χ4v) is 6.22. The molecule has 0 spiro atoms. The summed E-state index contributed by atoms with van der Waals surface area (Å²) in [6, 6.07) is 20.6. The first-order chi connectivity index (χ1) is 21.8. The van der Waals surface area contributed by atoms with E-state index in [1.807, 2.05) is 44.2 Å². The minimum absolute atomic E-state index is 0.0567. The van der Waals surface area contributed by atoms with E-state index in [4.69, 9.17) is 5.73 Å². The van der Waals surface area contributed by atoms with Crippen molar-refractivity contribution >= 4 is 37.1 Å². The van der Waals surface area contributed by atoms with Crippen LogP contribution in [0.3, 0.4) is 0 Å². The van der Waals surface area contributed by atoms with Gasteiger partial charge in [0.05, 0.1) is 0 Å². The number of benzene rings is 3. The molecule has 0 radical (unpaired) electrons. The molecule has 12 heteroatoms. The molecule has 4 amide bonds. The lowest BCUT2D eigenvalue weighted by molar-refractivity contribution is -0.131. The van der Waals surface area contributed by atoms with E-state index in [-0.39, 0.29) is 30.7 Å². The molecular weight excluding hydrogens is 610 g/mol. The quantitative estimate of drug-likeness (QED) is 0.147. The largest absolute Gasteiger partial charge is 0.368 e. The van der Waals surface area contributed by atoms with Gasteiger partial charge in [0.2, 0.25) is 25.1 Å². The number of nitrogens with two attached hydrogens (primary N) is 1. The van der Waals surface area contributed by atoms with Crippen molar-refractivity contribution in [2.45, 2.75) is 51.0 Å². The van der Waals surface area contributed by atoms with Crippen molar-refractivity contribution in [1.29, 1.82) is 0 Å². The first-order valence-corrected chi connectivity index (χ1v) is 16.8. The Hall–Kier alpha value is -4.60. The number of rotatable bonds is 16. The van der Waals surface area contributed by atoms with E-state index in [1.54, 1.807) is 42.5 Å². The number of hydrogen-bond acceptors (Lipinski definition) is 5. The van der Waals surface area contributed by atoms with Gasteiger partial charge in [0.15, 0.2) is 0 Å². The lowest BCUT2D eigenvalue weighted by Crippen LogP contribution is -2.53. The van der Waals surface area contributed by atoms with Crippen molar-refractivity contribution in [3.63, 3.8) is 0 Å². The molecule has 0 aliphatic rings. The van der Waals surface area contributed by atoms with E-state index in [2.05, 4.69) is 16.0 Å². The highest BCUT2D eigenvalue weighted by Crippen LogP contribution is 2.46. The van der Waals surface area contributed by atoms with Crippen LogP contribution in [-0.4, -0.2) is 52.6 Å². The maximum absolute atomic E-state index is 13.8. The molecule has 0 aliphatic carbocycles. The fraction of sp³-hybridized carbons (Fsp3) is 0.294. The van der Waals surface area contributed by atoms with Gasteiger partial charge in [0.1, 0.15) is 29.8 Å². The van der Waals surface area contributed by atoms with Gasteiger partial charge in [0, 0.05) is 12.0 Å². The molecule has 4 atom stereocenters. The Kier molecular flexibility index (Phi) is 13.4. The smallest absolute Gasteiger partial charge is 0.252 e. The minimum atomic E-state index is -4.47. The topological polar surface area (TPSA) is 168 Å². The Morgan fingerprint density at radius 2 is 1.54 bits per heavy atom. The van der Waals surface area contributed by atoms with Crippen LogP contribution >= 0.6 is 7.37 Å². The predicted molar refractivity (Wildman–Crippen MR) is 175 cm³/mol. The molecule has 0 saturated carbocycles. The fourth-order valence-electron chi connectivity index (χ4n) is 4.68. The van der Waals surface area contributed by atoms with Gasteiger partial charge in [-0.2, -0.15) is 0 Å². The van der Waals surface area contributed by atoms with Crippen molar-refractivity contribution in [2.24, 2.45) is 11.7 Å². The van der Waals surface area contributed by atoms with Crippen LogP contribution < -0.4 is 21.7 Å². The molecule has 0 heterocycles. The molecule has 3 aromatic carbocycles. The van der Waals surface area contributed by atoms with Crippen LogP contribution in [0.5, 0.6) is 0 Å². The van der Waals surface area contributed by atoms with Crippen LogP contribution in [0.4, 0.5) is 4.39 Å². The molecule has 3 rings (SSSR count). The average molecular weight is 651 g/mol. The third-order valence-electron chi connectivity index (χ3n) is 7.01. The molecule has 244 valence electrons. The number of carbonyl (C=O) groups is 4. The van der Waals surface area contributed by atoms with Crippen molar-refractivity contribution in [2.75, 3.05) is 6.16 Å². The van der Waals surface area contributed by atoms with Crippen LogP contribution in [0.25, 0.3) is 6.08 Å². The summed E-state index contributed by atoms with van der Waals surface area (Å²) in [5.41, 5.74) is 7.00. The van der Waals surface area contributed by atoms with Crippen molar-refractivity contribution in [3.8, 4) is 0 Å². The van der Waals surface area contributed by atoms with E-state index in [0.29, 0.717) is 5.56 Å². The highest BCUT2D eigenvalue weighted by Gasteiger charge is 2.36. The van der Waals surface area contributed by atoms with Gasteiger partial charge >= 0.3 is 0 Å². The van der Waals surface area contributed by atoms with Gasteiger partial charge in [0.25, 0.3) is 5.91 Å². The molecule has 3 aromatic rings. The normalized spacial score (nSPS) is 14.5. The van der Waals surface area contributed by atoms with Gasteiger partial charge < -0.3 is 26.6 Å². The molecule has 0 saturated heterocycles. The molecule has 2 unspecified atom stereocenters. The summed E-state index contributed by atoms with van der Waals surface area (Å²) >= 11 is 0. The van der Waals surface area contributed by atoms with Gasteiger partial charge in [-0.1, -0.05) is 92.7 Å². The number of amides is 4. The lowest BCUT2D eigenvalue weighted by atomic mass is 10.0. The minimum Gasteiger partial charge on any atom is -0.368 e. The summed E-state index contributed by atoms with van der Waals surface area (Å²) in [4.78, 5) is 62.6. The zero-order valence-electron chi connectivity index (χ0n) is 25.8. The molecule has 0 fully saturated rings. The number of primary amides is 1. The Balaban J connectivity index is 1.73. The summed E-state index contributed by atoms with van der Waals surface area (Å²) in [6.45, 7) is 3.66. The van der Waals surface area contributed by atoms with Gasteiger partial charge in [-0.05, 0) is 48.1 Å². The second-order valence-corrected chi connectivity index (χ2v) is 13.8. The second kappa shape index (κ2) is 17.2. The number of carbonyl (C=O) groups excluding carboxylic acids is 4. The lowest BCUT2D eigenvalue weighted by Gasteiger charge is -2.26. The SMILES string of the molecule is CC(C)C[C@H](NC(=O)CP(=O)(O)C(Cc1ccccc1)NC(=O)c1cccc(F)c1)C(=O)N[C@@H](CC=Cc1ccccc1)C(N)=O. The summed E-state index contributed by atoms with van der Waals surface area (Å²) in [5.74, 6) is -5.25. The average Bonchev–Trinajstić information content (AvgIpc) is 3.00. The van der Waals surface area contributed by atoms with Crippen LogP contribution in [0.1, 0.15) is 48.2 Å². The second-order valence-electron chi connectivity index (χ2n) is 11.4. The van der Waals surface area contributed by atoms with E-state index in [0.717, 1.165) is 17.7 Å². The van der Waals surface area contributed by atoms with E-state index in [1.165, 1.54) is 12.1 Å². The van der Waals surface area contributed by atoms with Crippen LogP contribution in [-0.2, 0) is 25.4 Å². The summed E-state index contributed by atoms with van der Waals surface area (Å²) < 4.78 is 27.4. The number of hydrogen-bond donors (Lipinski definition) is 5. The summed E-state index contributed by atoms with van der Waals surface area (Å²) in [5, 5.41) is 7.61. The highest BCUT2D eigenvalue weighted by atomic mass is 31.2. The van der Waals surface area contributed by atoms with Crippen LogP contribution in [0.2, 0.25) is 0 Å². The van der Waals surface area contributed by atoms with Crippen molar-refractivity contribution in [1.82, 2.24) is 16.0 Å². The Morgan fingerprint density at radius 1 is 0.891 bits per heavy atom. The maximum atomic E-state index is 13.8. The molecule has 10 nitrogen and oxygen atoms in total. The van der Waals surface area contributed by atoms with E-state index < -0.39 is 60.8 Å². The maximum Gasteiger partial charge on any atom is 0.252 e. The first kappa shape index (κ1) is 35.9. The predicted octanol–water partition coefficient (Wildman–Crippen LogP) is 4.00. The Morgan fingerprint density at radius 3 is 2.15 bits per heavy atom. The number of halogens is 1. The van der Waals surface area contributed by atoms with Gasteiger partial charge in [-0.15, -0.1) is 0 Å². The van der Waals surface area contributed by atoms with E-state index >= 15 is 0 Å². The van der Waals surface area contributed by atoms with E-state index in [9.17, 15) is 33.0 Å². The first-order valence-electron chi connectivity index (χ1n) is 14.9. The van der Waals surface area contributed by atoms with Crippen LogP contribution in [0.15, 0.2) is 91.0 Å². The molecule has 46 heavy (non-hydrogen) atoms. The molecule has 6 N–H and O–H groups in total. The van der Waals surface area contributed by atoms with Crippen molar-refractivity contribution < 1.29 is 33.0 Å². The summed E-state index contributed by atoms with van der Waals surface area (Å²) in [6.07, 6.45) is 2.77. The monoisotopic (exact) mass is 650 g/mol. The zero-order chi connectivity index (χ0) is 33.7. The third-order valence-corrected chi connectivity index (χ3v) is 9.04. The molecular formula is C34H40FN4O6P. The molecule has 0 aliphatic heterocycles. The van der Waals surface area contributed by atoms with Gasteiger partial charge in [-0.25, -0.2) is 4.39 Å². The number of nitrogens with one attached hydrogen (secondary N) is 3. The van der Waals surface area contributed by atoms with Gasteiger partial charge in [-0.3, -0.25) is 23.7 Å². The van der Waals surface area contributed by atoms with Crippen LogP contribution in [0, 0.1) is 11.7 Å². The highest BCUT2D eigenvalue weighted by molar-refractivity contribution is 7.59. The zero-order valence-corrected chi connectivity index (χ0v) is 26.7. The standard InChI is InChI=1S/C34H40FN4O6P/c1-23(2)19-29(34(43)38-28(32(36)41)18-9-15-24-11-5-3-6-12-24)37-30(40)22-46(44,45)31(20-25-13-7-4-8-14-25)39-33(42)26-16-10-17-27(35)21-26/h3-17,21,23,28-29,31H,18-20,22H2,1-2H3,(H2,36,41)(H,37,40)(H,38,43)(H,39,42)(H,44,45)/t28-,29-,31?/m0/s1. The van der Waals surface area contributed by atoms with Crippen molar-refractivity contribution in [3.05, 3.63) is 114 Å². The Bertz CT molecular complexity index is 1570. The third kappa shape index (κ3) is 11.7. The Labute approximate surface area is 268 Å². The molecule has 0 aromatic heterocycles. The molecule has 0 bridgehead atoms. The summed E-state index contributed by atoms with van der Waals surface area (Å²) in [7, 11) is -4.47.